The van der Waals surface area contributed by atoms with Crippen LogP contribution >= 0.6 is 0 Å². The number of morpholine rings is 1. The Kier molecular flexibility index (Phi) is 6.28. The molecule has 1 aromatic heterocycles. The normalized spacial score (nSPS) is 15.0. The largest absolute Gasteiger partial charge is 0.378 e. The quantitative estimate of drug-likeness (QED) is 0.724. The lowest BCUT2D eigenvalue weighted by Crippen LogP contribution is -2.37. The van der Waals surface area contributed by atoms with Crippen molar-refractivity contribution in [1.29, 1.82) is 0 Å². The highest BCUT2D eigenvalue weighted by Crippen LogP contribution is 2.24. The molecule has 0 N–H and O–H groups in total. The molecule has 2 heterocycles. The molecule has 146 valence electrons. The number of aromatic nitrogens is 1. The minimum absolute atomic E-state index is 0.0411. The second kappa shape index (κ2) is 8.67. The number of hydrogen-bond acceptors (Lipinski definition) is 5. The van der Waals surface area contributed by atoms with Crippen molar-refractivity contribution in [2.24, 2.45) is 0 Å². The summed E-state index contributed by atoms with van der Waals surface area (Å²) in [6.07, 6.45) is 2.10. The molecule has 1 saturated heterocycles. The zero-order valence-electron chi connectivity index (χ0n) is 15.3. The third kappa shape index (κ3) is 4.95. The maximum atomic E-state index is 13.2. The van der Waals surface area contributed by atoms with Gasteiger partial charge in [0.25, 0.3) is 0 Å². The average molecular weight is 393 g/mol. The first kappa shape index (κ1) is 19.6. The molecule has 2 aromatic rings. The van der Waals surface area contributed by atoms with Gasteiger partial charge in [0, 0.05) is 13.1 Å². The SMILES string of the molecule is CCCS(=O)(=O)N(Cc1ccc(F)cc1)c1ccc(N2CCOCC2)nc1. The van der Waals surface area contributed by atoms with E-state index in [1.807, 2.05) is 13.0 Å². The smallest absolute Gasteiger partial charge is 0.235 e. The molecule has 6 nitrogen and oxygen atoms in total. The first-order valence-electron chi connectivity index (χ1n) is 9.03. The molecule has 1 aliphatic heterocycles. The summed E-state index contributed by atoms with van der Waals surface area (Å²) < 4.78 is 45.4. The van der Waals surface area contributed by atoms with Crippen LogP contribution in [-0.4, -0.2) is 45.5 Å². The number of ether oxygens (including phenoxy) is 1. The first-order chi connectivity index (χ1) is 13.0. The number of sulfonamides is 1. The van der Waals surface area contributed by atoms with E-state index in [0.29, 0.717) is 30.9 Å². The molecule has 0 bridgehead atoms. The summed E-state index contributed by atoms with van der Waals surface area (Å²) in [6, 6.07) is 9.46. The highest BCUT2D eigenvalue weighted by Gasteiger charge is 2.23. The molecule has 0 atom stereocenters. The van der Waals surface area contributed by atoms with Crippen molar-refractivity contribution in [3.8, 4) is 0 Å². The van der Waals surface area contributed by atoms with Crippen LogP contribution in [0.3, 0.4) is 0 Å². The number of rotatable bonds is 7. The lowest BCUT2D eigenvalue weighted by Gasteiger charge is -2.29. The monoisotopic (exact) mass is 393 g/mol. The molecule has 27 heavy (non-hydrogen) atoms. The summed E-state index contributed by atoms with van der Waals surface area (Å²) in [5, 5.41) is 0. The van der Waals surface area contributed by atoms with Crippen LogP contribution in [0.4, 0.5) is 15.9 Å². The van der Waals surface area contributed by atoms with Crippen LogP contribution in [0.5, 0.6) is 0 Å². The molecule has 0 spiro atoms. The van der Waals surface area contributed by atoms with Crippen LogP contribution in [0.2, 0.25) is 0 Å². The minimum Gasteiger partial charge on any atom is -0.378 e. The van der Waals surface area contributed by atoms with E-state index in [2.05, 4.69) is 9.88 Å². The average Bonchev–Trinajstić information content (AvgIpc) is 2.68. The van der Waals surface area contributed by atoms with E-state index in [-0.39, 0.29) is 18.1 Å². The van der Waals surface area contributed by atoms with Gasteiger partial charge in [-0.05, 0) is 36.2 Å². The lowest BCUT2D eigenvalue weighted by molar-refractivity contribution is 0.122. The minimum atomic E-state index is -3.51. The molecule has 0 unspecified atom stereocenters. The van der Waals surface area contributed by atoms with Crippen molar-refractivity contribution < 1.29 is 17.5 Å². The maximum Gasteiger partial charge on any atom is 0.235 e. The van der Waals surface area contributed by atoms with Crippen LogP contribution in [0.1, 0.15) is 18.9 Å². The van der Waals surface area contributed by atoms with Gasteiger partial charge in [-0.3, -0.25) is 4.31 Å². The van der Waals surface area contributed by atoms with Gasteiger partial charge in [0.05, 0.1) is 37.4 Å². The Morgan fingerprint density at radius 3 is 2.44 bits per heavy atom. The van der Waals surface area contributed by atoms with Crippen molar-refractivity contribution >= 4 is 21.5 Å². The van der Waals surface area contributed by atoms with E-state index in [1.54, 1.807) is 24.4 Å². The second-order valence-corrected chi connectivity index (χ2v) is 8.44. The second-order valence-electron chi connectivity index (χ2n) is 6.42. The Bertz CT molecular complexity index is 836. The van der Waals surface area contributed by atoms with Crippen LogP contribution in [0, 0.1) is 5.82 Å². The molecule has 0 aliphatic carbocycles. The maximum absolute atomic E-state index is 13.2. The lowest BCUT2D eigenvalue weighted by atomic mass is 10.2. The van der Waals surface area contributed by atoms with E-state index in [0.717, 1.165) is 18.9 Å². The third-order valence-corrected chi connectivity index (χ3v) is 6.33. The summed E-state index contributed by atoms with van der Waals surface area (Å²) in [6.45, 7) is 4.81. The third-order valence-electron chi connectivity index (χ3n) is 4.39. The van der Waals surface area contributed by atoms with E-state index < -0.39 is 10.0 Å². The number of benzene rings is 1. The Morgan fingerprint density at radius 2 is 1.85 bits per heavy atom. The highest BCUT2D eigenvalue weighted by molar-refractivity contribution is 7.92. The highest BCUT2D eigenvalue weighted by atomic mass is 32.2. The number of nitrogens with zero attached hydrogens (tertiary/aromatic N) is 3. The van der Waals surface area contributed by atoms with Crippen molar-refractivity contribution in [3.63, 3.8) is 0 Å². The molecule has 0 radical (unpaired) electrons. The Labute approximate surface area is 159 Å². The van der Waals surface area contributed by atoms with E-state index in [4.69, 9.17) is 4.74 Å². The summed E-state index contributed by atoms with van der Waals surface area (Å²) in [7, 11) is -3.51. The Hall–Kier alpha value is -2.19. The zero-order chi connectivity index (χ0) is 19.3. The molecule has 1 aromatic carbocycles. The fraction of sp³-hybridized carbons (Fsp3) is 0.421. The van der Waals surface area contributed by atoms with Crippen LogP contribution in [0.25, 0.3) is 0 Å². The van der Waals surface area contributed by atoms with Crippen molar-refractivity contribution in [3.05, 3.63) is 54.0 Å². The van der Waals surface area contributed by atoms with Gasteiger partial charge in [-0.1, -0.05) is 19.1 Å². The molecule has 1 aliphatic rings. The molecule has 3 rings (SSSR count). The first-order valence-corrected chi connectivity index (χ1v) is 10.6. The van der Waals surface area contributed by atoms with Gasteiger partial charge in [-0.2, -0.15) is 0 Å². The van der Waals surface area contributed by atoms with E-state index in [1.165, 1.54) is 16.4 Å². The van der Waals surface area contributed by atoms with E-state index >= 15 is 0 Å². The number of hydrogen-bond donors (Lipinski definition) is 0. The molecular formula is C19H24FN3O3S. The number of anilines is 2. The Balaban J connectivity index is 1.86. The van der Waals surface area contributed by atoms with Crippen molar-refractivity contribution in [2.45, 2.75) is 19.9 Å². The van der Waals surface area contributed by atoms with Gasteiger partial charge in [-0.25, -0.2) is 17.8 Å². The number of pyridine rings is 1. The standard InChI is InChI=1S/C19H24FN3O3S/c1-2-13-27(24,25)23(15-16-3-5-17(20)6-4-16)18-7-8-19(21-14-18)22-9-11-26-12-10-22/h3-8,14H,2,9-13,15H2,1H3. The molecule has 0 saturated carbocycles. The summed E-state index contributed by atoms with van der Waals surface area (Å²) in [4.78, 5) is 6.57. The summed E-state index contributed by atoms with van der Waals surface area (Å²) in [5.74, 6) is 0.495. The predicted molar refractivity (Wildman–Crippen MR) is 104 cm³/mol. The van der Waals surface area contributed by atoms with Gasteiger partial charge >= 0.3 is 0 Å². The molecule has 1 fully saturated rings. The molecule has 0 amide bonds. The van der Waals surface area contributed by atoms with Crippen LogP contribution in [-0.2, 0) is 21.3 Å². The van der Waals surface area contributed by atoms with Crippen LogP contribution < -0.4 is 9.21 Å². The Morgan fingerprint density at radius 1 is 1.15 bits per heavy atom. The molecule has 8 heteroatoms. The van der Waals surface area contributed by atoms with Gasteiger partial charge in [0.2, 0.25) is 10.0 Å². The fourth-order valence-electron chi connectivity index (χ4n) is 2.98. The predicted octanol–water partition coefficient (Wildman–Crippen LogP) is 2.80. The summed E-state index contributed by atoms with van der Waals surface area (Å²) in [5.41, 5.74) is 1.22. The zero-order valence-corrected chi connectivity index (χ0v) is 16.2. The van der Waals surface area contributed by atoms with Crippen molar-refractivity contribution in [1.82, 2.24) is 4.98 Å². The van der Waals surface area contributed by atoms with Crippen molar-refractivity contribution in [2.75, 3.05) is 41.3 Å². The van der Waals surface area contributed by atoms with E-state index in [9.17, 15) is 12.8 Å². The fourth-order valence-corrected chi connectivity index (χ4v) is 4.49. The molecular weight excluding hydrogens is 369 g/mol. The van der Waals surface area contributed by atoms with Gasteiger partial charge < -0.3 is 9.64 Å². The summed E-state index contributed by atoms with van der Waals surface area (Å²) >= 11 is 0. The van der Waals surface area contributed by atoms with Gasteiger partial charge in [0.1, 0.15) is 11.6 Å². The van der Waals surface area contributed by atoms with Gasteiger partial charge in [0.15, 0.2) is 0 Å². The van der Waals surface area contributed by atoms with Crippen LogP contribution in [0.15, 0.2) is 42.6 Å². The topological polar surface area (TPSA) is 62.7 Å². The number of halogens is 1. The van der Waals surface area contributed by atoms with Gasteiger partial charge in [-0.15, -0.1) is 0 Å².